The number of alkyl halides is 3. The van der Waals surface area contributed by atoms with Crippen LogP contribution in [0.25, 0.3) is 0 Å². The molecular weight excluding hydrogens is 284 g/mol. The van der Waals surface area contributed by atoms with Gasteiger partial charge in [-0.1, -0.05) is 18.2 Å². The third-order valence-corrected chi connectivity index (χ3v) is 3.85. The molecule has 0 amide bonds. The SMILES string of the molecule is C[C@@H](NC1CCN(CC(F)(F)F)CC1)c1ccccc1F. The molecule has 0 saturated carbocycles. The van der Waals surface area contributed by atoms with E-state index in [0.29, 0.717) is 31.5 Å². The van der Waals surface area contributed by atoms with Gasteiger partial charge in [0.25, 0.3) is 0 Å². The Morgan fingerprint density at radius 3 is 2.43 bits per heavy atom. The first-order valence-electron chi connectivity index (χ1n) is 7.15. The predicted octanol–water partition coefficient (Wildman–Crippen LogP) is 3.50. The summed E-state index contributed by atoms with van der Waals surface area (Å²) in [4.78, 5) is 1.42. The highest BCUT2D eigenvalue weighted by Gasteiger charge is 2.32. The topological polar surface area (TPSA) is 15.3 Å². The highest BCUT2D eigenvalue weighted by molar-refractivity contribution is 5.20. The lowest BCUT2D eigenvalue weighted by molar-refractivity contribution is -0.148. The Labute approximate surface area is 122 Å². The molecule has 21 heavy (non-hydrogen) atoms. The maximum Gasteiger partial charge on any atom is 0.401 e. The van der Waals surface area contributed by atoms with Gasteiger partial charge in [-0.15, -0.1) is 0 Å². The summed E-state index contributed by atoms with van der Waals surface area (Å²) in [5.41, 5.74) is 0.593. The Bertz CT molecular complexity index is 453. The summed E-state index contributed by atoms with van der Waals surface area (Å²) in [5, 5.41) is 3.31. The van der Waals surface area contributed by atoms with Crippen LogP contribution in [0, 0.1) is 5.82 Å². The van der Waals surface area contributed by atoms with E-state index in [9.17, 15) is 17.6 Å². The van der Waals surface area contributed by atoms with E-state index in [2.05, 4.69) is 5.32 Å². The monoisotopic (exact) mass is 304 g/mol. The molecule has 6 heteroatoms. The number of piperidine rings is 1. The predicted molar refractivity (Wildman–Crippen MR) is 73.5 cm³/mol. The molecule has 1 aromatic rings. The number of likely N-dealkylation sites (tertiary alicyclic amines) is 1. The number of rotatable bonds is 4. The van der Waals surface area contributed by atoms with Crippen molar-refractivity contribution in [1.29, 1.82) is 0 Å². The number of nitrogens with zero attached hydrogens (tertiary/aromatic N) is 1. The zero-order chi connectivity index (χ0) is 15.5. The molecule has 2 rings (SSSR count). The number of halogens is 4. The van der Waals surface area contributed by atoms with Crippen molar-refractivity contribution >= 4 is 0 Å². The molecule has 1 aromatic carbocycles. The van der Waals surface area contributed by atoms with Crippen molar-refractivity contribution in [3.63, 3.8) is 0 Å². The largest absolute Gasteiger partial charge is 0.401 e. The number of hydrogen-bond donors (Lipinski definition) is 1. The van der Waals surface area contributed by atoms with E-state index in [-0.39, 0.29) is 17.9 Å². The molecule has 1 aliphatic heterocycles. The van der Waals surface area contributed by atoms with E-state index in [1.54, 1.807) is 18.2 Å². The van der Waals surface area contributed by atoms with Crippen LogP contribution in [0.15, 0.2) is 24.3 Å². The number of hydrogen-bond acceptors (Lipinski definition) is 2. The Morgan fingerprint density at radius 2 is 1.86 bits per heavy atom. The summed E-state index contributed by atoms with van der Waals surface area (Å²) in [6.07, 6.45) is -2.84. The van der Waals surface area contributed by atoms with Crippen molar-refractivity contribution in [2.75, 3.05) is 19.6 Å². The third kappa shape index (κ3) is 4.97. The molecular formula is C15H20F4N2. The Kier molecular flexibility index (Phi) is 5.22. The standard InChI is InChI=1S/C15H20F4N2/c1-11(13-4-2-3-5-14(13)16)20-12-6-8-21(9-7-12)10-15(17,18)19/h2-5,11-12,20H,6-10H2,1H3/t11-/m1/s1. The minimum atomic E-state index is -4.14. The molecule has 1 atom stereocenters. The lowest BCUT2D eigenvalue weighted by Crippen LogP contribution is -2.46. The van der Waals surface area contributed by atoms with Crippen molar-refractivity contribution in [2.24, 2.45) is 0 Å². The molecule has 0 unspecified atom stereocenters. The average Bonchev–Trinajstić information content (AvgIpc) is 2.40. The molecule has 0 aromatic heterocycles. The van der Waals surface area contributed by atoms with Gasteiger partial charge in [-0.25, -0.2) is 4.39 Å². The molecule has 1 saturated heterocycles. The van der Waals surface area contributed by atoms with Crippen LogP contribution in [-0.4, -0.2) is 36.8 Å². The van der Waals surface area contributed by atoms with Gasteiger partial charge in [-0.05, 0) is 38.9 Å². The van der Waals surface area contributed by atoms with Gasteiger partial charge >= 0.3 is 6.18 Å². The molecule has 0 radical (unpaired) electrons. The molecule has 0 bridgehead atoms. The van der Waals surface area contributed by atoms with Gasteiger partial charge in [0.1, 0.15) is 5.82 Å². The van der Waals surface area contributed by atoms with Gasteiger partial charge < -0.3 is 5.32 Å². The number of nitrogens with one attached hydrogen (secondary N) is 1. The Morgan fingerprint density at radius 1 is 1.24 bits per heavy atom. The van der Waals surface area contributed by atoms with E-state index in [4.69, 9.17) is 0 Å². The normalized spacial score (nSPS) is 19.7. The van der Waals surface area contributed by atoms with Crippen molar-refractivity contribution in [3.8, 4) is 0 Å². The summed E-state index contributed by atoms with van der Waals surface area (Å²) in [6, 6.07) is 6.55. The van der Waals surface area contributed by atoms with Crippen molar-refractivity contribution in [1.82, 2.24) is 10.2 Å². The van der Waals surface area contributed by atoms with Crippen LogP contribution in [0.3, 0.4) is 0 Å². The Hall–Kier alpha value is -1.14. The van der Waals surface area contributed by atoms with Gasteiger partial charge in [0, 0.05) is 17.6 Å². The highest BCUT2D eigenvalue weighted by Crippen LogP contribution is 2.22. The van der Waals surface area contributed by atoms with E-state index in [0.717, 1.165) is 0 Å². The van der Waals surface area contributed by atoms with Gasteiger partial charge in [0.2, 0.25) is 0 Å². The lowest BCUT2D eigenvalue weighted by Gasteiger charge is -2.34. The van der Waals surface area contributed by atoms with Crippen LogP contribution >= 0.6 is 0 Å². The fourth-order valence-corrected chi connectivity index (χ4v) is 2.78. The lowest BCUT2D eigenvalue weighted by atomic mass is 10.0. The highest BCUT2D eigenvalue weighted by atomic mass is 19.4. The van der Waals surface area contributed by atoms with Crippen LogP contribution in [0.2, 0.25) is 0 Å². The summed E-state index contributed by atoms with van der Waals surface area (Å²) < 4.78 is 50.6. The molecule has 1 N–H and O–H groups in total. The first-order chi connectivity index (χ1) is 9.85. The molecule has 1 fully saturated rings. The maximum atomic E-state index is 13.7. The molecule has 1 heterocycles. The van der Waals surface area contributed by atoms with Crippen LogP contribution in [-0.2, 0) is 0 Å². The molecule has 2 nitrogen and oxygen atoms in total. The fourth-order valence-electron chi connectivity index (χ4n) is 2.78. The molecule has 118 valence electrons. The van der Waals surface area contributed by atoms with Crippen molar-refractivity contribution in [3.05, 3.63) is 35.6 Å². The van der Waals surface area contributed by atoms with Crippen LogP contribution in [0.5, 0.6) is 0 Å². The third-order valence-electron chi connectivity index (χ3n) is 3.85. The van der Waals surface area contributed by atoms with E-state index in [1.165, 1.54) is 11.0 Å². The first kappa shape index (κ1) is 16.2. The average molecular weight is 304 g/mol. The van der Waals surface area contributed by atoms with E-state index in [1.807, 2.05) is 6.92 Å². The van der Waals surface area contributed by atoms with Crippen LogP contribution < -0.4 is 5.32 Å². The second-order valence-electron chi connectivity index (χ2n) is 5.58. The van der Waals surface area contributed by atoms with Gasteiger partial charge in [0.05, 0.1) is 6.54 Å². The van der Waals surface area contributed by atoms with Crippen molar-refractivity contribution in [2.45, 2.75) is 38.0 Å². The maximum absolute atomic E-state index is 13.7. The minimum Gasteiger partial charge on any atom is -0.307 e. The summed E-state index contributed by atoms with van der Waals surface area (Å²) >= 11 is 0. The smallest absolute Gasteiger partial charge is 0.307 e. The van der Waals surface area contributed by atoms with Gasteiger partial charge in [-0.2, -0.15) is 13.2 Å². The van der Waals surface area contributed by atoms with Crippen LogP contribution in [0.4, 0.5) is 17.6 Å². The minimum absolute atomic E-state index is 0.129. The van der Waals surface area contributed by atoms with Crippen molar-refractivity contribution < 1.29 is 17.6 Å². The molecule has 0 aliphatic carbocycles. The second-order valence-corrected chi connectivity index (χ2v) is 5.58. The summed E-state index contributed by atoms with van der Waals surface area (Å²) in [7, 11) is 0. The second kappa shape index (κ2) is 6.75. The zero-order valence-corrected chi connectivity index (χ0v) is 12.0. The fraction of sp³-hybridized carbons (Fsp3) is 0.600. The Balaban J connectivity index is 1.82. The summed E-state index contributed by atoms with van der Waals surface area (Å²) in [5.74, 6) is -0.257. The zero-order valence-electron chi connectivity index (χ0n) is 12.0. The number of benzene rings is 1. The molecule has 1 aliphatic rings. The first-order valence-corrected chi connectivity index (χ1v) is 7.15. The quantitative estimate of drug-likeness (QED) is 0.857. The van der Waals surface area contributed by atoms with E-state index >= 15 is 0 Å². The van der Waals surface area contributed by atoms with E-state index < -0.39 is 12.7 Å². The summed E-state index contributed by atoms with van der Waals surface area (Å²) in [6.45, 7) is 1.87. The van der Waals surface area contributed by atoms with Gasteiger partial charge in [-0.3, -0.25) is 4.90 Å². The van der Waals surface area contributed by atoms with Crippen LogP contribution in [0.1, 0.15) is 31.4 Å². The molecule has 0 spiro atoms. The van der Waals surface area contributed by atoms with Gasteiger partial charge in [0.15, 0.2) is 0 Å².